The van der Waals surface area contributed by atoms with Gasteiger partial charge in [-0.25, -0.2) is 0 Å². The Hall–Kier alpha value is 1.66. The topological polar surface area (TPSA) is 37.3 Å². The number of hydrogen-bond acceptors (Lipinski definition) is 1. The van der Waals surface area contributed by atoms with Crippen LogP contribution < -0.4 is 0 Å². The molecule has 0 aliphatic rings. The van der Waals surface area contributed by atoms with Crippen LogP contribution >= 0.6 is 67.8 Å². The molecule has 3 atom stereocenters. The summed E-state index contributed by atoms with van der Waals surface area (Å²) in [5, 5.41) is 9.80. The summed E-state index contributed by atoms with van der Waals surface area (Å²) in [6.45, 7) is 24.5. The minimum Gasteiger partial charge on any atom is -0.481 e. The van der Waals surface area contributed by atoms with Gasteiger partial charge in [0.2, 0.25) is 0 Å². The Labute approximate surface area is 203 Å². The summed E-state index contributed by atoms with van der Waals surface area (Å²) in [5.41, 5.74) is -0.708. The second kappa shape index (κ2) is 8.80. The van der Waals surface area contributed by atoms with Gasteiger partial charge in [-0.3, -0.25) is 4.79 Å². The van der Waals surface area contributed by atoms with Crippen molar-refractivity contribution in [1.82, 2.24) is 0 Å². The molecular formula is C21H39I3O2. The van der Waals surface area contributed by atoms with Crippen molar-refractivity contribution >= 4 is 73.7 Å². The number of carboxylic acids is 1. The first-order valence-electron chi connectivity index (χ1n) is 9.30. The van der Waals surface area contributed by atoms with Crippen LogP contribution in [0, 0.1) is 33.0 Å². The van der Waals surface area contributed by atoms with Crippen molar-refractivity contribution < 1.29 is 9.90 Å². The number of carbonyl (C=O) groups is 1. The van der Waals surface area contributed by atoms with Crippen molar-refractivity contribution in [2.75, 3.05) is 4.43 Å². The van der Waals surface area contributed by atoms with Crippen LogP contribution in [-0.2, 0) is 4.79 Å². The highest BCUT2D eigenvalue weighted by Crippen LogP contribution is 2.57. The van der Waals surface area contributed by atoms with Crippen LogP contribution in [0.3, 0.4) is 0 Å². The number of alkyl halides is 3. The molecule has 0 bridgehead atoms. The van der Waals surface area contributed by atoms with E-state index in [0.717, 1.165) is 4.43 Å². The normalized spacial score (nSPS) is 18.4. The molecule has 0 aliphatic carbocycles. The van der Waals surface area contributed by atoms with Crippen LogP contribution in [0.15, 0.2) is 0 Å². The largest absolute Gasteiger partial charge is 0.481 e. The second-order valence-corrected chi connectivity index (χ2v) is 14.1. The van der Waals surface area contributed by atoms with Gasteiger partial charge in [-0.2, -0.15) is 0 Å². The number of rotatable bonds is 9. The fraction of sp³-hybridized carbons (Fsp3) is 0.952. The molecule has 0 aliphatic heterocycles. The van der Waals surface area contributed by atoms with E-state index in [4.69, 9.17) is 0 Å². The van der Waals surface area contributed by atoms with Gasteiger partial charge in [-0.1, -0.05) is 130 Å². The van der Waals surface area contributed by atoms with Gasteiger partial charge < -0.3 is 5.11 Å². The maximum atomic E-state index is 11.9. The fourth-order valence-corrected chi connectivity index (χ4v) is 7.40. The molecule has 0 radical (unpaired) electrons. The molecule has 5 heteroatoms. The Morgan fingerprint density at radius 1 is 0.885 bits per heavy atom. The third kappa shape index (κ3) is 4.86. The van der Waals surface area contributed by atoms with Gasteiger partial charge in [0, 0.05) is 12.3 Å². The van der Waals surface area contributed by atoms with Gasteiger partial charge in [-0.05, 0) is 41.4 Å². The number of halogens is 3. The molecule has 0 amide bonds. The van der Waals surface area contributed by atoms with E-state index >= 15 is 0 Å². The van der Waals surface area contributed by atoms with Crippen LogP contribution in [0.4, 0.5) is 0 Å². The summed E-state index contributed by atoms with van der Waals surface area (Å²) in [5.74, 6) is -0.267. The van der Waals surface area contributed by atoms with E-state index in [1.54, 1.807) is 0 Å². The zero-order valence-corrected chi connectivity index (χ0v) is 24.9. The first-order chi connectivity index (χ1) is 11.2. The van der Waals surface area contributed by atoms with Gasteiger partial charge >= 0.3 is 5.97 Å². The van der Waals surface area contributed by atoms with E-state index in [0.29, 0.717) is 9.84 Å². The van der Waals surface area contributed by atoms with Crippen LogP contribution in [0.5, 0.6) is 0 Å². The SMILES string of the molecule is CC(C(I)C(C)(C)C(C)(C)CI)C(C)(C)C(I)C(C)(C)C(C)(C)C(=O)O. The molecule has 0 aromatic heterocycles. The number of hydrogen-bond donors (Lipinski definition) is 1. The van der Waals surface area contributed by atoms with Crippen molar-refractivity contribution in [3.63, 3.8) is 0 Å². The Balaban J connectivity index is 5.92. The minimum absolute atomic E-state index is 0.00125. The predicted molar refractivity (Wildman–Crippen MR) is 140 cm³/mol. The highest BCUT2D eigenvalue weighted by Gasteiger charge is 2.55. The van der Waals surface area contributed by atoms with Crippen LogP contribution in [0.25, 0.3) is 0 Å². The molecule has 3 unspecified atom stereocenters. The summed E-state index contributed by atoms with van der Waals surface area (Å²) in [7, 11) is 0. The quantitative estimate of drug-likeness (QED) is 0.196. The Morgan fingerprint density at radius 3 is 1.58 bits per heavy atom. The predicted octanol–water partition coefficient (Wildman–Crippen LogP) is 7.88. The highest BCUT2D eigenvalue weighted by molar-refractivity contribution is 14.1. The lowest BCUT2D eigenvalue weighted by Crippen LogP contribution is -2.54. The van der Waals surface area contributed by atoms with Crippen molar-refractivity contribution in [3.8, 4) is 0 Å². The molecule has 2 nitrogen and oxygen atoms in total. The molecular weight excluding hydrogens is 665 g/mol. The van der Waals surface area contributed by atoms with Crippen molar-refractivity contribution in [3.05, 3.63) is 0 Å². The number of aliphatic carboxylic acids is 1. The minimum atomic E-state index is -0.784. The van der Waals surface area contributed by atoms with Crippen molar-refractivity contribution in [2.24, 2.45) is 33.0 Å². The number of carboxylic acid groups (broad SMARTS) is 1. The van der Waals surface area contributed by atoms with Crippen molar-refractivity contribution in [2.45, 2.75) is 84.0 Å². The summed E-state index contributed by atoms with van der Waals surface area (Å²) in [6.07, 6.45) is 0. The van der Waals surface area contributed by atoms with Crippen LogP contribution in [-0.4, -0.2) is 23.4 Å². The van der Waals surface area contributed by atoms with Gasteiger partial charge in [-0.15, -0.1) is 0 Å². The zero-order valence-electron chi connectivity index (χ0n) is 18.4. The van der Waals surface area contributed by atoms with Crippen molar-refractivity contribution in [1.29, 1.82) is 0 Å². The molecule has 156 valence electrons. The molecule has 0 saturated carbocycles. The van der Waals surface area contributed by atoms with E-state index in [9.17, 15) is 9.90 Å². The first kappa shape index (κ1) is 27.7. The average Bonchev–Trinajstić information content (AvgIpc) is 2.51. The maximum absolute atomic E-state index is 11.9. The summed E-state index contributed by atoms with van der Waals surface area (Å²) >= 11 is 7.69. The molecule has 0 heterocycles. The van der Waals surface area contributed by atoms with E-state index in [2.05, 4.69) is 130 Å². The Kier molecular flexibility index (Phi) is 9.36. The third-order valence-electron chi connectivity index (χ3n) is 7.81. The molecule has 0 rings (SSSR count). The van der Waals surface area contributed by atoms with Gasteiger partial charge in [0.05, 0.1) is 5.41 Å². The first-order valence-corrected chi connectivity index (χ1v) is 13.3. The molecule has 0 spiro atoms. The van der Waals surface area contributed by atoms with E-state index in [-0.39, 0.29) is 25.6 Å². The van der Waals surface area contributed by atoms with Gasteiger partial charge in [0.15, 0.2) is 0 Å². The summed E-state index contributed by atoms with van der Waals surface area (Å²) in [6, 6.07) is 0. The van der Waals surface area contributed by atoms with E-state index < -0.39 is 11.4 Å². The van der Waals surface area contributed by atoms with E-state index in [1.807, 2.05) is 13.8 Å². The van der Waals surface area contributed by atoms with Gasteiger partial charge in [0.25, 0.3) is 0 Å². The van der Waals surface area contributed by atoms with Gasteiger partial charge in [0.1, 0.15) is 0 Å². The van der Waals surface area contributed by atoms with E-state index in [1.165, 1.54) is 0 Å². The Morgan fingerprint density at radius 2 is 1.27 bits per heavy atom. The lowest BCUT2D eigenvalue weighted by atomic mass is 9.56. The average molecular weight is 704 g/mol. The standard InChI is InChI=1S/C21H39I3O2/c1-13(14(23)19(6,7)17(2,3)12-22)18(4,5)15(24)20(8,9)21(10,11)16(25)26/h13-15H,12H2,1-11H3,(H,25,26). The third-order valence-corrected chi connectivity index (χ3v) is 15.5. The molecule has 0 aromatic rings. The molecule has 0 aromatic carbocycles. The van der Waals surface area contributed by atoms with Crippen LogP contribution in [0.2, 0.25) is 0 Å². The fourth-order valence-electron chi connectivity index (χ4n) is 3.30. The lowest BCUT2D eigenvalue weighted by molar-refractivity contribution is -0.154. The monoisotopic (exact) mass is 704 g/mol. The summed E-state index contributed by atoms with van der Waals surface area (Å²) in [4.78, 5) is 11.9. The zero-order chi connectivity index (χ0) is 21.5. The molecule has 0 saturated heterocycles. The molecule has 26 heavy (non-hydrogen) atoms. The maximum Gasteiger partial charge on any atom is 0.309 e. The highest BCUT2D eigenvalue weighted by atomic mass is 127. The molecule has 1 N–H and O–H groups in total. The smallest absolute Gasteiger partial charge is 0.309 e. The Bertz CT molecular complexity index is 507. The summed E-state index contributed by atoms with van der Waals surface area (Å²) < 4.78 is 1.83. The van der Waals surface area contributed by atoms with Crippen LogP contribution in [0.1, 0.15) is 76.2 Å². The second-order valence-electron chi connectivity index (χ2n) is 10.8. The lowest BCUT2D eigenvalue weighted by Gasteiger charge is -2.54. The molecule has 0 fully saturated rings.